The van der Waals surface area contributed by atoms with Crippen LogP contribution in [0.5, 0.6) is 5.75 Å². The van der Waals surface area contributed by atoms with Crippen LogP contribution in [0.4, 0.5) is 5.69 Å². The first-order chi connectivity index (χ1) is 13.6. The zero-order chi connectivity index (χ0) is 19.9. The molecule has 2 aromatic carbocycles. The van der Waals surface area contributed by atoms with E-state index in [1.54, 1.807) is 30.3 Å². The minimum absolute atomic E-state index is 0.449. The first-order valence-corrected chi connectivity index (χ1v) is 8.75. The van der Waals surface area contributed by atoms with Crippen LogP contribution >= 0.6 is 0 Å². The number of nitrogens with zero attached hydrogens (tertiary/aromatic N) is 1. The Kier molecular flexibility index (Phi) is 6.01. The van der Waals surface area contributed by atoms with Gasteiger partial charge in [-0.2, -0.15) is 0 Å². The topological polar surface area (TPSA) is 77.5 Å². The van der Waals surface area contributed by atoms with Crippen LogP contribution in [0.1, 0.15) is 12.6 Å². The number of esters is 1. The number of hydrogen-bond acceptors (Lipinski definition) is 5. The van der Waals surface area contributed by atoms with Crippen LogP contribution in [0.15, 0.2) is 66.7 Å². The molecule has 1 heterocycles. The van der Waals surface area contributed by atoms with Crippen LogP contribution in [-0.2, 0) is 14.3 Å². The number of fused-ring (bicyclic) bond motifs is 1. The molecular weight excluding hydrogens is 356 g/mol. The van der Waals surface area contributed by atoms with Crippen molar-refractivity contribution in [1.29, 1.82) is 0 Å². The van der Waals surface area contributed by atoms with Gasteiger partial charge in [-0.05, 0) is 37.3 Å². The van der Waals surface area contributed by atoms with E-state index in [0.717, 1.165) is 10.9 Å². The van der Waals surface area contributed by atoms with E-state index in [1.165, 1.54) is 20.1 Å². The second kappa shape index (κ2) is 8.81. The molecule has 6 heteroatoms. The molecule has 3 aromatic rings. The van der Waals surface area contributed by atoms with Gasteiger partial charge >= 0.3 is 5.97 Å². The van der Waals surface area contributed by atoms with Gasteiger partial charge in [-0.3, -0.25) is 4.79 Å². The van der Waals surface area contributed by atoms with Crippen molar-refractivity contribution in [3.63, 3.8) is 0 Å². The van der Waals surface area contributed by atoms with Crippen molar-refractivity contribution in [3.8, 4) is 5.75 Å². The Morgan fingerprint density at radius 2 is 1.79 bits per heavy atom. The summed E-state index contributed by atoms with van der Waals surface area (Å²) in [4.78, 5) is 28.7. The molecule has 0 bridgehead atoms. The number of benzene rings is 2. The van der Waals surface area contributed by atoms with Gasteiger partial charge in [0.2, 0.25) is 0 Å². The predicted molar refractivity (Wildman–Crippen MR) is 108 cm³/mol. The van der Waals surface area contributed by atoms with Crippen molar-refractivity contribution >= 4 is 34.5 Å². The maximum atomic E-state index is 12.3. The van der Waals surface area contributed by atoms with Gasteiger partial charge in [0.05, 0.1) is 24.0 Å². The summed E-state index contributed by atoms with van der Waals surface area (Å²) in [6.07, 6.45) is 1.84. The number of ether oxygens (including phenoxy) is 2. The molecule has 0 spiro atoms. The Bertz CT molecular complexity index is 1030. The Morgan fingerprint density at radius 3 is 2.61 bits per heavy atom. The van der Waals surface area contributed by atoms with E-state index in [-0.39, 0.29) is 0 Å². The molecule has 28 heavy (non-hydrogen) atoms. The van der Waals surface area contributed by atoms with Crippen LogP contribution < -0.4 is 10.1 Å². The van der Waals surface area contributed by atoms with Crippen LogP contribution in [0.3, 0.4) is 0 Å². The number of hydrogen-bond donors (Lipinski definition) is 1. The van der Waals surface area contributed by atoms with E-state index in [2.05, 4.69) is 10.3 Å². The summed E-state index contributed by atoms with van der Waals surface area (Å²) in [7, 11) is 1.51. The molecule has 1 amide bonds. The second-order valence-corrected chi connectivity index (χ2v) is 6.03. The summed E-state index contributed by atoms with van der Waals surface area (Å²) in [5.74, 6) is -0.552. The molecule has 3 rings (SSSR count). The highest BCUT2D eigenvalue weighted by molar-refractivity contribution is 5.97. The van der Waals surface area contributed by atoms with Gasteiger partial charge in [-0.25, -0.2) is 9.78 Å². The number of carbonyl (C=O) groups is 2. The van der Waals surface area contributed by atoms with Crippen molar-refractivity contribution < 1.29 is 19.1 Å². The molecule has 0 aliphatic carbocycles. The number of anilines is 1. The molecular formula is C22H20N2O4. The van der Waals surface area contributed by atoms with Crippen molar-refractivity contribution in [3.05, 3.63) is 72.4 Å². The zero-order valence-electron chi connectivity index (χ0n) is 15.6. The summed E-state index contributed by atoms with van der Waals surface area (Å²) in [6.45, 7) is 1.50. The highest BCUT2D eigenvalue weighted by Crippen LogP contribution is 2.23. The lowest BCUT2D eigenvalue weighted by Gasteiger charge is -2.14. The maximum absolute atomic E-state index is 12.3. The number of methoxy groups -OCH3 is 1. The molecule has 1 aromatic heterocycles. The lowest BCUT2D eigenvalue weighted by molar-refractivity contribution is -0.148. The summed E-state index contributed by atoms with van der Waals surface area (Å²) < 4.78 is 10.3. The fourth-order valence-electron chi connectivity index (χ4n) is 2.58. The SMILES string of the molecule is COc1ccccc1NC(=O)[C@H](C)OC(=O)/C=C/c1ccc2ccccc2n1. The van der Waals surface area contributed by atoms with Gasteiger partial charge in [0, 0.05) is 11.5 Å². The normalized spacial score (nSPS) is 11.9. The minimum Gasteiger partial charge on any atom is -0.495 e. The number of pyridine rings is 1. The average molecular weight is 376 g/mol. The molecule has 0 aliphatic heterocycles. The van der Waals surface area contributed by atoms with E-state index >= 15 is 0 Å². The Balaban J connectivity index is 1.59. The van der Waals surface area contributed by atoms with Gasteiger partial charge in [0.1, 0.15) is 5.75 Å². The first kappa shape index (κ1) is 19.1. The zero-order valence-corrected chi connectivity index (χ0v) is 15.6. The van der Waals surface area contributed by atoms with E-state index in [4.69, 9.17) is 9.47 Å². The number of amides is 1. The third kappa shape index (κ3) is 4.73. The van der Waals surface area contributed by atoms with E-state index in [1.807, 2.05) is 36.4 Å². The van der Waals surface area contributed by atoms with E-state index in [9.17, 15) is 9.59 Å². The number of rotatable bonds is 6. The summed E-state index contributed by atoms with van der Waals surface area (Å²) >= 11 is 0. The van der Waals surface area contributed by atoms with Gasteiger partial charge in [0.25, 0.3) is 5.91 Å². The van der Waals surface area contributed by atoms with Crippen LogP contribution in [0, 0.1) is 0 Å². The van der Waals surface area contributed by atoms with Gasteiger partial charge < -0.3 is 14.8 Å². The summed E-state index contributed by atoms with van der Waals surface area (Å²) in [5.41, 5.74) is 1.97. The Hall–Kier alpha value is -3.67. The third-order valence-corrected chi connectivity index (χ3v) is 4.04. The molecule has 0 saturated carbocycles. The second-order valence-electron chi connectivity index (χ2n) is 6.03. The number of nitrogens with one attached hydrogen (secondary N) is 1. The molecule has 0 saturated heterocycles. The average Bonchev–Trinajstić information content (AvgIpc) is 2.72. The van der Waals surface area contributed by atoms with Crippen molar-refractivity contribution in [1.82, 2.24) is 4.98 Å². The first-order valence-electron chi connectivity index (χ1n) is 8.75. The Labute approximate surface area is 162 Å². The quantitative estimate of drug-likeness (QED) is 0.523. The highest BCUT2D eigenvalue weighted by Gasteiger charge is 2.18. The highest BCUT2D eigenvalue weighted by atomic mass is 16.5. The molecule has 0 fully saturated rings. The molecule has 0 unspecified atom stereocenters. The fourth-order valence-corrected chi connectivity index (χ4v) is 2.58. The van der Waals surface area contributed by atoms with Crippen molar-refractivity contribution in [2.45, 2.75) is 13.0 Å². The third-order valence-electron chi connectivity index (χ3n) is 4.04. The van der Waals surface area contributed by atoms with Crippen LogP contribution in [-0.4, -0.2) is 30.1 Å². The molecule has 1 atom stereocenters. The molecule has 142 valence electrons. The van der Waals surface area contributed by atoms with Gasteiger partial charge in [0.15, 0.2) is 6.10 Å². The molecule has 1 N–H and O–H groups in total. The predicted octanol–water partition coefficient (Wildman–Crippen LogP) is 3.83. The number of carbonyl (C=O) groups excluding carboxylic acids is 2. The van der Waals surface area contributed by atoms with Crippen molar-refractivity contribution in [2.24, 2.45) is 0 Å². The fraction of sp³-hybridized carbons (Fsp3) is 0.136. The van der Waals surface area contributed by atoms with Gasteiger partial charge in [-0.1, -0.05) is 36.4 Å². The maximum Gasteiger partial charge on any atom is 0.331 e. The number of para-hydroxylation sites is 3. The van der Waals surface area contributed by atoms with E-state index < -0.39 is 18.0 Å². The van der Waals surface area contributed by atoms with Crippen LogP contribution in [0.2, 0.25) is 0 Å². The standard InChI is InChI=1S/C22H20N2O4/c1-15(22(26)24-19-9-5-6-10-20(19)27-2)28-21(25)14-13-17-12-11-16-7-3-4-8-18(16)23-17/h3-15H,1-2H3,(H,24,26)/b14-13+/t15-/m0/s1. The molecule has 6 nitrogen and oxygen atoms in total. The summed E-state index contributed by atoms with van der Waals surface area (Å²) in [5, 5.41) is 3.70. The Morgan fingerprint density at radius 1 is 1.04 bits per heavy atom. The lowest BCUT2D eigenvalue weighted by Crippen LogP contribution is -2.29. The summed E-state index contributed by atoms with van der Waals surface area (Å²) in [6, 6.07) is 18.4. The molecule has 0 aliphatic rings. The minimum atomic E-state index is -0.966. The smallest absolute Gasteiger partial charge is 0.331 e. The largest absolute Gasteiger partial charge is 0.495 e. The van der Waals surface area contributed by atoms with Crippen molar-refractivity contribution in [2.75, 3.05) is 12.4 Å². The van der Waals surface area contributed by atoms with E-state index in [0.29, 0.717) is 17.1 Å². The van der Waals surface area contributed by atoms with Crippen LogP contribution in [0.25, 0.3) is 17.0 Å². The van der Waals surface area contributed by atoms with Gasteiger partial charge in [-0.15, -0.1) is 0 Å². The lowest BCUT2D eigenvalue weighted by atomic mass is 10.2. The number of aromatic nitrogens is 1. The monoisotopic (exact) mass is 376 g/mol. The molecule has 0 radical (unpaired) electrons.